The average molecular weight is 413 g/mol. The molecule has 1 N–H and O–H groups in total. The highest BCUT2D eigenvalue weighted by atomic mass is 35.5. The van der Waals surface area contributed by atoms with Crippen molar-refractivity contribution in [3.05, 3.63) is 64.6 Å². The van der Waals surface area contributed by atoms with Gasteiger partial charge in [0.15, 0.2) is 0 Å². The summed E-state index contributed by atoms with van der Waals surface area (Å²) in [5, 5.41) is 22.3. The lowest BCUT2D eigenvalue weighted by atomic mass is 10.1. The van der Waals surface area contributed by atoms with Crippen LogP contribution in [-0.4, -0.2) is 30.0 Å². The fraction of sp³-hybridized carbons (Fsp3) is 0. The summed E-state index contributed by atoms with van der Waals surface area (Å²) in [7, 11) is 0. The van der Waals surface area contributed by atoms with Crippen molar-refractivity contribution in [2.45, 2.75) is 0 Å². The number of benzene rings is 2. The van der Waals surface area contributed by atoms with E-state index in [0.29, 0.717) is 20.8 Å². The van der Waals surface area contributed by atoms with Gasteiger partial charge in [-0.3, -0.25) is 5.10 Å². The minimum Gasteiger partial charge on any atom is -0.274 e. The zero-order valence-corrected chi connectivity index (χ0v) is 15.9. The Bertz CT molecular complexity index is 1260. The number of H-pyrrole nitrogens is 1. The van der Waals surface area contributed by atoms with Crippen LogP contribution in [0.5, 0.6) is 0 Å². The lowest BCUT2D eigenvalue weighted by Gasteiger charge is -1.99. The van der Waals surface area contributed by atoms with Crippen LogP contribution in [0, 0.1) is 0 Å². The highest BCUT2D eigenvalue weighted by Gasteiger charge is 2.18. The van der Waals surface area contributed by atoms with Crippen LogP contribution < -0.4 is 0 Å². The van der Waals surface area contributed by atoms with Gasteiger partial charge in [-0.25, -0.2) is 0 Å². The summed E-state index contributed by atoms with van der Waals surface area (Å²) in [5.41, 5.74) is 3.39. The monoisotopic (exact) mass is 412 g/mol. The van der Waals surface area contributed by atoms with Gasteiger partial charge in [0.2, 0.25) is 10.8 Å². The Morgan fingerprint density at radius 1 is 0.963 bits per heavy atom. The predicted molar refractivity (Wildman–Crippen MR) is 107 cm³/mol. The van der Waals surface area contributed by atoms with Gasteiger partial charge >= 0.3 is 0 Å². The number of nitrogens with zero attached hydrogens (tertiary/aromatic N) is 5. The van der Waals surface area contributed by atoms with Crippen LogP contribution in [0.15, 0.2) is 54.6 Å². The van der Waals surface area contributed by atoms with E-state index in [2.05, 4.69) is 25.5 Å². The van der Waals surface area contributed by atoms with E-state index in [1.165, 1.54) is 11.3 Å². The van der Waals surface area contributed by atoms with E-state index in [-0.39, 0.29) is 0 Å². The van der Waals surface area contributed by atoms with Crippen molar-refractivity contribution in [3.8, 4) is 33.3 Å². The van der Waals surface area contributed by atoms with Gasteiger partial charge in [-0.05, 0) is 24.3 Å². The molecule has 0 saturated carbocycles. The highest BCUT2D eigenvalue weighted by molar-refractivity contribution is 7.19. The Morgan fingerprint density at radius 3 is 2.63 bits per heavy atom. The zero-order chi connectivity index (χ0) is 18.4. The summed E-state index contributed by atoms with van der Waals surface area (Å²) < 4.78 is 1.69. The van der Waals surface area contributed by atoms with Gasteiger partial charge < -0.3 is 0 Å². The van der Waals surface area contributed by atoms with E-state index in [0.717, 1.165) is 27.5 Å². The number of aromatic amines is 1. The van der Waals surface area contributed by atoms with Gasteiger partial charge in [0.25, 0.3) is 0 Å². The molecule has 0 aliphatic carbocycles. The molecule has 27 heavy (non-hydrogen) atoms. The van der Waals surface area contributed by atoms with Crippen molar-refractivity contribution in [2.24, 2.45) is 0 Å². The smallest absolute Gasteiger partial charge is 0.235 e. The van der Waals surface area contributed by atoms with E-state index >= 15 is 0 Å². The van der Waals surface area contributed by atoms with Crippen molar-refractivity contribution >= 4 is 39.5 Å². The number of rotatable bonds is 3. The molecule has 9 heteroatoms. The maximum absolute atomic E-state index is 6.31. The number of halogens is 2. The SMILES string of the molecule is Clc1ccc(-c2nn3c(-c4cc(-c5ccccc5)n[nH]4)nnc3s2)c(Cl)c1. The second kappa shape index (κ2) is 6.45. The third-order valence-electron chi connectivity index (χ3n) is 4.04. The molecule has 0 saturated heterocycles. The Labute approximate surface area is 167 Å². The first kappa shape index (κ1) is 16.4. The minimum atomic E-state index is 0.543. The van der Waals surface area contributed by atoms with Crippen LogP contribution >= 0.6 is 34.5 Å². The molecule has 2 aromatic carbocycles. The Hall–Kier alpha value is -2.74. The summed E-state index contributed by atoms with van der Waals surface area (Å²) in [6, 6.07) is 17.2. The molecular formula is C18H10Cl2N6S. The second-order valence-corrected chi connectivity index (χ2v) is 7.58. The number of fused-ring (bicyclic) bond motifs is 1. The molecular weight excluding hydrogens is 403 g/mol. The van der Waals surface area contributed by atoms with Crippen molar-refractivity contribution in [1.29, 1.82) is 0 Å². The molecule has 0 atom stereocenters. The maximum Gasteiger partial charge on any atom is 0.235 e. The molecule has 0 unspecified atom stereocenters. The van der Waals surface area contributed by atoms with Gasteiger partial charge in [-0.15, -0.1) is 10.2 Å². The fourth-order valence-electron chi connectivity index (χ4n) is 2.75. The van der Waals surface area contributed by atoms with Crippen LogP contribution in [0.3, 0.4) is 0 Å². The lowest BCUT2D eigenvalue weighted by molar-refractivity contribution is 0.955. The Kier molecular flexibility index (Phi) is 3.93. The molecule has 0 radical (unpaired) electrons. The molecule has 132 valence electrons. The first-order valence-electron chi connectivity index (χ1n) is 7.98. The standard InChI is InChI=1S/C18H10Cl2N6S/c19-11-6-7-12(13(20)8-11)17-25-26-16(23-24-18(26)27-17)15-9-14(21-22-15)10-4-2-1-3-5-10/h1-9H,(H,21,22). The minimum absolute atomic E-state index is 0.543. The van der Waals surface area contributed by atoms with Crippen LogP contribution in [0.2, 0.25) is 10.0 Å². The van der Waals surface area contributed by atoms with Gasteiger partial charge in [0.1, 0.15) is 10.7 Å². The van der Waals surface area contributed by atoms with Gasteiger partial charge in [0, 0.05) is 16.1 Å². The third-order valence-corrected chi connectivity index (χ3v) is 5.52. The highest BCUT2D eigenvalue weighted by Crippen LogP contribution is 2.34. The summed E-state index contributed by atoms with van der Waals surface area (Å²) in [4.78, 5) is 0.668. The molecule has 5 aromatic rings. The van der Waals surface area contributed by atoms with E-state index in [1.807, 2.05) is 42.5 Å². The quantitative estimate of drug-likeness (QED) is 0.440. The molecule has 3 aromatic heterocycles. The molecule has 0 bridgehead atoms. The number of aromatic nitrogens is 6. The molecule has 0 amide bonds. The molecule has 0 spiro atoms. The Balaban J connectivity index is 1.57. The zero-order valence-electron chi connectivity index (χ0n) is 13.6. The summed E-state index contributed by atoms with van der Waals surface area (Å²) >= 11 is 13.7. The topological polar surface area (TPSA) is 71.8 Å². The molecule has 0 fully saturated rings. The first-order valence-corrected chi connectivity index (χ1v) is 9.55. The Morgan fingerprint density at radius 2 is 1.81 bits per heavy atom. The van der Waals surface area contributed by atoms with Crippen molar-refractivity contribution < 1.29 is 0 Å². The van der Waals surface area contributed by atoms with Crippen LogP contribution in [0.4, 0.5) is 0 Å². The van der Waals surface area contributed by atoms with Crippen LogP contribution in [0.25, 0.3) is 38.3 Å². The van der Waals surface area contributed by atoms with Gasteiger partial charge in [-0.2, -0.15) is 14.7 Å². The van der Waals surface area contributed by atoms with Crippen molar-refractivity contribution in [3.63, 3.8) is 0 Å². The van der Waals surface area contributed by atoms with E-state index < -0.39 is 0 Å². The van der Waals surface area contributed by atoms with Crippen LogP contribution in [0.1, 0.15) is 0 Å². The van der Waals surface area contributed by atoms with E-state index in [9.17, 15) is 0 Å². The van der Waals surface area contributed by atoms with Gasteiger partial charge in [0.05, 0.1) is 10.7 Å². The number of hydrogen-bond acceptors (Lipinski definition) is 5. The maximum atomic E-state index is 6.31. The van der Waals surface area contributed by atoms with E-state index in [1.54, 1.807) is 16.6 Å². The van der Waals surface area contributed by atoms with Crippen molar-refractivity contribution in [1.82, 2.24) is 30.0 Å². The van der Waals surface area contributed by atoms with Gasteiger partial charge in [-0.1, -0.05) is 64.9 Å². The third kappa shape index (κ3) is 2.90. The largest absolute Gasteiger partial charge is 0.274 e. The molecule has 0 aliphatic rings. The summed E-state index contributed by atoms with van der Waals surface area (Å²) in [6.45, 7) is 0. The normalized spacial score (nSPS) is 11.3. The van der Waals surface area contributed by atoms with Crippen LogP contribution in [-0.2, 0) is 0 Å². The first-order chi connectivity index (χ1) is 13.2. The van der Waals surface area contributed by atoms with E-state index in [4.69, 9.17) is 23.2 Å². The molecule has 0 aliphatic heterocycles. The number of nitrogens with one attached hydrogen (secondary N) is 1. The summed E-state index contributed by atoms with van der Waals surface area (Å²) in [6.07, 6.45) is 0. The molecule has 6 nitrogen and oxygen atoms in total. The summed E-state index contributed by atoms with van der Waals surface area (Å²) in [5.74, 6) is 0.590. The fourth-order valence-corrected chi connectivity index (χ4v) is 4.18. The average Bonchev–Trinajstić information content (AvgIpc) is 3.37. The van der Waals surface area contributed by atoms with Crippen molar-refractivity contribution in [2.75, 3.05) is 0 Å². The lowest BCUT2D eigenvalue weighted by Crippen LogP contribution is -1.91. The predicted octanol–water partition coefficient (Wildman–Crippen LogP) is 5.22. The number of hydrogen-bond donors (Lipinski definition) is 1. The molecule has 3 heterocycles. The molecule has 5 rings (SSSR count). The second-order valence-electron chi connectivity index (χ2n) is 5.78.